The highest BCUT2D eigenvalue weighted by Gasteiger charge is 2.58. The Hall–Kier alpha value is -2.42. The summed E-state index contributed by atoms with van der Waals surface area (Å²) in [7, 11) is 3.78. The van der Waals surface area contributed by atoms with Crippen LogP contribution in [0, 0.1) is 11.8 Å². The van der Waals surface area contributed by atoms with E-state index in [9.17, 15) is 40.9 Å². The Bertz CT molecular complexity index is 1210. The van der Waals surface area contributed by atoms with E-state index >= 15 is 0 Å². The topological polar surface area (TPSA) is 210 Å². The average Bonchev–Trinajstić information content (AvgIpc) is 2.90. The molecule has 10 atom stereocenters. The minimum Gasteiger partial charge on any atom is -0.507 e. The fourth-order valence-corrected chi connectivity index (χ4v) is 7.23. The van der Waals surface area contributed by atoms with Crippen molar-refractivity contribution in [3.8, 4) is 5.75 Å². The SMILES string of the molecule is CN(C)C1CC(=C(N)O)C[C@@]2(O)CC3=C(O)c4c(OC5OC(CO)C(O)C(O)C5O)cccc4[C@@](C)(O)C3CC12. The Kier molecular flexibility index (Phi) is 7.37. The maximum atomic E-state index is 12.0. The Morgan fingerprint density at radius 3 is 2.45 bits per heavy atom. The van der Waals surface area contributed by atoms with Gasteiger partial charge in [0.15, 0.2) is 5.88 Å². The zero-order valence-electron chi connectivity index (χ0n) is 22.8. The first-order chi connectivity index (χ1) is 18.7. The molecule has 8 unspecified atom stereocenters. The summed E-state index contributed by atoms with van der Waals surface area (Å²) in [5, 5.41) is 86.0. The minimum absolute atomic E-state index is 0.0132. The average molecular weight is 565 g/mol. The highest BCUT2D eigenvalue weighted by Crippen LogP contribution is 2.59. The number of benzene rings is 1. The monoisotopic (exact) mass is 564 g/mol. The van der Waals surface area contributed by atoms with Crippen LogP contribution in [0.5, 0.6) is 5.75 Å². The van der Waals surface area contributed by atoms with Gasteiger partial charge in [-0.25, -0.2) is 0 Å². The number of rotatable bonds is 4. The Morgan fingerprint density at radius 1 is 1.12 bits per heavy atom. The third-order valence-corrected chi connectivity index (χ3v) is 9.44. The molecule has 3 aliphatic carbocycles. The zero-order valence-corrected chi connectivity index (χ0v) is 22.8. The largest absolute Gasteiger partial charge is 0.507 e. The third-order valence-electron chi connectivity index (χ3n) is 9.44. The van der Waals surface area contributed by atoms with Crippen molar-refractivity contribution in [2.45, 2.75) is 80.6 Å². The molecule has 0 amide bonds. The molecule has 1 aromatic rings. The molecule has 40 heavy (non-hydrogen) atoms. The lowest BCUT2D eigenvalue weighted by atomic mass is 9.54. The molecule has 10 N–H and O–H groups in total. The smallest absolute Gasteiger partial charge is 0.229 e. The van der Waals surface area contributed by atoms with Crippen molar-refractivity contribution in [2.75, 3.05) is 20.7 Å². The fourth-order valence-electron chi connectivity index (χ4n) is 7.23. The summed E-state index contributed by atoms with van der Waals surface area (Å²) in [6.07, 6.45) is -6.62. The lowest BCUT2D eigenvalue weighted by Crippen LogP contribution is -2.60. The predicted octanol–water partition coefficient (Wildman–Crippen LogP) is -0.435. The lowest BCUT2D eigenvalue weighted by molar-refractivity contribution is -0.277. The van der Waals surface area contributed by atoms with Crippen LogP contribution in [0.25, 0.3) is 5.76 Å². The fraction of sp³-hybridized carbons (Fsp3) is 0.643. The van der Waals surface area contributed by atoms with Crippen LogP contribution in [0.3, 0.4) is 0 Å². The van der Waals surface area contributed by atoms with Gasteiger partial charge < -0.3 is 61.0 Å². The van der Waals surface area contributed by atoms with Gasteiger partial charge in [-0.3, -0.25) is 0 Å². The molecule has 0 bridgehead atoms. The van der Waals surface area contributed by atoms with Crippen LogP contribution < -0.4 is 10.5 Å². The summed E-state index contributed by atoms with van der Waals surface area (Å²) in [4.78, 5) is 1.98. The molecule has 1 saturated heterocycles. The van der Waals surface area contributed by atoms with Gasteiger partial charge >= 0.3 is 0 Å². The van der Waals surface area contributed by atoms with Gasteiger partial charge in [-0.05, 0) is 56.6 Å². The molecule has 222 valence electrons. The summed E-state index contributed by atoms with van der Waals surface area (Å²) >= 11 is 0. The molecule has 0 spiro atoms. The van der Waals surface area contributed by atoms with E-state index in [1.54, 1.807) is 19.1 Å². The summed E-state index contributed by atoms with van der Waals surface area (Å²) in [6.45, 7) is 1.02. The second-order valence-electron chi connectivity index (χ2n) is 12.1. The van der Waals surface area contributed by atoms with Crippen molar-refractivity contribution < 1.29 is 50.3 Å². The molecule has 0 radical (unpaired) electrons. The van der Waals surface area contributed by atoms with Crippen LogP contribution in [-0.2, 0) is 10.3 Å². The standard InChI is InChI=1S/C28H40N2O10/c1-27(37)14-5-4-6-18(39-26-24(35)23(34)22(33)19(11-31)40-26)20(14)21(32)13-10-28(38)9-12(25(29)36)7-17(30(2)3)16(28)8-15(13)27/h4-6,15-17,19,22-24,26,31-38H,7-11,29H2,1-3H3/t15?,16?,17?,19?,22?,23?,24?,26?,27-,28-/m1/s1. The first-order valence-corrected chi connectivity index (χ1v) is 13.5. The van der Waals surface area contributed by atoms with Gasteiger partial charge in [0.05, 0.1) is 23.4 Å². The highest BCUT2D eigenvalue weighted by molar-refractivity contribution is 5.75. The van der Waals surface area contributed by atoms with Gasteiger partial charge in [0.25, 0.3) is 0 Å². The molecule has 0 aromatic heterocycles. The highest BCUT2D eigenvalue weighted by atomic mass is 16.7. The lowest BCUT2D eigenvalue weighted by Gasteiger charge is -2.56. The van der Waals surface area contributed by atoms with Crippen molar-refractivity contribution in [1.82, 2.24) is 4.90 Å². The van der Waals surface area contributed by atoms with E-state index in [1.807, 2.05) is 19.0 Å². The van der Waals surface area contributed by atoms with Crippen molar-refractivity contribution in [1.29, 1.82) is 0 Å². The third kappa shape index (κ3) is 4.47. The maximum Gasteiger partial charge on any atom is 0.229 e. The number of fused-ring (bicyclic) bond motifs is 3. The molecule has 2 saturated carbocycles. The molecule has 12 heteroatoms. The van der Waals surface area contributed by atoms with Crippen LogP contribution in [0.15, 0.2) is 35.2 Å². The van der Waals surface area contributed by atoms with Crippen molar-refractivity contribution in [3.63, 3.8) is 0 Å². The second-order valence-corrected chi connectivity index (χ2v) is 12.1. The van der Waals surface area contributed by atoms with Gasteiger partial charge in [0, 0.05) is 30.7 Å². The van der Waals surface area contributed by atoms with E-state index in [4.69, 9.17) is 15.2 Å². The normalized spacial score (nSPS) is 42.6. The summed E-state index contributed by atoms with van der Waals surface area (Å²) in [6, 6.07) is 4.63. The van der Waals surface area contributed by atoms with Crippen molar-refractivity contribution in [2.24, 2.45) is 17.6 Å². The summed E-state index contributed by atoms with van der Waals surface area (Å²) in [5.41, 5.74) is 4.40. The Balaban J connectivity index is 1.56. The number of ether oxygens (including phenoxy) is 2. The van der Waals surface area contributed by atoms with Gasteiger partial charge in [-0.2, -0.15) is 0 Å². The molecular formula is C28H40N2O10. The number of nitrogens with zero attached hydrogens (tertiary/aromatic N) is 1. The van der Waals surface area contributed by atoms with Crippen LogP contribution in [0.2, 0.25) is 0 Å². The molecule has 12 nitrogen and oxygen atoms in total. The second kappa shape index (κ2) is 10.1. The molecule has 3 fully saturated rings. The van der Waals surface area contributed by atoms with E-state index in [-0.39, 0.29) is 47.8 Å². The van der Waals surface area contributed by atoms with Gasteiger partial charge in [0.2, 0.25) is 6.29 Å². The first kappa shape index (κ1) is 29.1. The summed E-state index contributed by atoms with van der Waals surface area (Å²) in [5.74, 6) is -1.29. The van der Waals surface area contributed by atoms with Crippen LogP contribution in [0.1, 0.15) is 43.7 Å². The van der Waals surface area contributed by atoms with Crippen LogP contribution in [-0.4, -0.2) is 109 Å². The number of aliphatic hydroxyl groups excluding tert-OH is 6. The van der Waals surface area contributed by atoms with Gasteiger partial charge in [0.1, 0.15) is 35.9 Å². The number of hydrogen-bond donors (Lipinski definition) is 9. The number of aliphatic hydroxyl groups is 8. The van der Waals surface area contributed by atoms with E-state index in [0.717, 1.165) is 0 Å². The van der Waals surface area contributed by atoms with E-state index < -0.39 is 54.4 Å². The van der Waals surface area contributed by atoms with E-state index in [2.05, 4.69) is 0 Å². The van der Waals surface area contributed by atoms with E-state index in [1.165, 1.54) is 6.07 Å². The molecule has 4 aliphatic rings. The molecule has 1 heterocycles. The van der Waals surface area contributed by atoms with Crippen LogP contribution in [0.4, 0.5) is 0 Å². The molecule has 1 aromatic carbocycles. The Labute approximate surface area is 232 Å². The quantitative estimate of drug-likeness (QED) is 0.213. The first-order valence-electron chi connectivity index (χ1n) is 13.5. The predicted molar refractivity (Wildman–Crippen MR) is 142 cm³/mol. The molecule has 1 aliphatic heterocycles. The summed E-state index contributed by atoms with van der Waals surface area (Å²) < 4.78 is 11.4. The van der Waals surface area contributed by atoms with Crippen molar-refractivity contribution >= 4 is 5.76 Å². The van der Waals surface area contributed by atoms with Gasteiger partial charge in [-0.1, -0.05) is 12.1 Å². The number of hydrogen-bond acceptors (Lipinski definition) is 12. The minimum atomic E-state index is -1.67. The maximum absolute atomic E-state index is 12.0. The Morgan fingerprint density at radius 2 is 1.82 bits per heavy atom. The van der Waals surface area contributed by atoms with Gasteiger partial charge in [-0.15, -0.1) is 0 Å². The molecule has 5 rings (SSSR count). The van der Waals surface area contributed by atoms with Crippen LogP contribution >= 0.6 is 0 Å². The number of nitrogens with two attached hydrogens (primary N) is 1. The van der Waals surface area contributed by atoms with Crippen molar-refractivity contribution in [3.05, 3.63) is 46.4 Å². The molecular weight excluding hydrogens is 524 g/mol. The van der Waals surface area contributed by atoms with E-state index in [0.29, 0.717) is 29.6 Å². The zero-order chi connectivity index (χ0) is 29.3.